The van der Waals surface area contributed by atoms with Gasteiger partial charge in [-0.15, -0.1) is 0 Å². The summed E-state index contributed by atoms with van der Waals surface area (Å²) in [4.78, 5) is 142. The molecule has 127 heavy (non-hydrogen) atoms. The summed E-state index contributed by atoms with van der Waals surface area (Å²) in [7, 11) is 0. The quantitative estimate of drug-likeness (QED) is 0.0655. The zero-order valence-electron chi connectivity index (χ0n) is 81.2. The van der Waals surface area contributed by atoms with E-state index < -0.39 is 74.4 Å². The highest BCUT2D eigenvalue weighted by atomic mass is 16.7. The lowest BCUT2D eigenvalue weighted by Gasteiger charge is -2.60. The second kappa shape index (κ2) is 39.0. The van der Waals surface area contributed by atoms with Gasteiger partial charge in [-0.3, -0.25) is 43.2 Å². The van der Waals surface area contributed by atoms with Crippen molar-refractivity contribution in [2.75, 3.05) is 19.8 Å². The SMILES string of the molecule is CCC(C)(C)C(=O)OC1(CC)C2CC3CC(C2)CC1C3.CCC(C)(C)C(=O)OC12CC3CC(CC(O)(C3)C1)C2.CCC(C)(C)C(=O)OC1C2CC3C(=O)OC1C3C2.CCC(C)(C)C(=O)OC1C2CC3C(=O)OC1C3O2.CCC(C)(C)C(=O)OC1CCOC1=O.CCC(C)(C)C(=O)OC1CCOC1=O.CCC(C)(C)C(=O)OCC(=O)OC1(CC)C2CC3CC(C2)CC1C3. The van der Waals surface area contributed by atoms with E-state index in [1.54, 1.807) is 27.7 Å². The van der Waals surface area contributed by atoms with Crippen LogP contribution in [0, 0.1) is 121 Å². The van der Waals surface area contributed by atoms with E-state index in [1.165, 1.54) is 70.6 Å². The highest BCUT2D eigenvalue weighted by Crippen LogP contribution is 2.64. The predicted octanol–water partition coefficient (Wildman–Crippen LogP) is 17.3. The van der Waals surface area contributed by atoms with Gasteiger partial charge in [-0.05, 0) is 329 Å². The van der Waals surface area contributed by atoms with Gasteiger partial charge in [0.1, 0.15) is 35.1 Å². The molecular weight excluding hydrogens is 1630 g/mol. The molecule has 718 valence electrons. The Morgan fingerprint density at radius 1 is 0.370 bits per heavy atom. The molecule has 0 amide bonds. The van der Waals surface area contributed by atoms with Crippen LogP contribution in [-0.4, -0.2) is 168 Å². The van der Waals surface area contributed by atoms with Gasteiger partial charge in [-0.2, -0.15) is 0 Å². The Labute approximate surface area is 755 Å². The Morgan fingerprint density at radius 2 is 0.732 bits per heavy atom. The molecule has 0 spiro atoms. The van der Waals surface area contributed by atoms with E-state index in [4.69, 9.17) is 61.6 Å². The van der Waals surface area contributed by atoms with Crippen molar-refractivity contribution >= 4 is 71.6 Å². The van der Waals surface area contributed by atoms with Crippen LogP contribution in [0.5, 0.6) is 0 Å². The largest absolute Gasteiger partial charge is 0.463 e. The number of cyclic esters (lactones) is 2. The number of hydrogen-bond donors (Lipinski definition) is 1. The molecule has 26 nitrogen and oxygen atoms in total. The van der Waals surface area contributed by atoms with Crippen LogP contribution in [0.4, 0.5) is 0 Å². The normalized spacial score (nSPS) is 36.9. The summed E-state index contributed by atoms with van der Waals surface area (Å²) in [6, 6.07) is 0. The average Bonchev–Trinajstić information content (AvgIpc) is 1.73. The molecule has 0 aromatic heterocycles. The van der Waals surface area contributed by atoms with E-state index in [-0.39, 0.29) is 125 Å². The zero-order valence-corrected chi connectivity index (χ0v) is 81.2. The molecule has 20 aliphatic rings. The van der Waals surface area contributed by atoms with Crippen LogP contribution >= 0.6 is 0 Å². The number of carbonyl (C=O) groups excluding carboxylic acids is 12. The van der Waals surface area contributed by atoms with E-state index in [9.17, 15) is 62.6 Å². The van der Waals surface area contributed by atoms with Gasteiger partial charge in [0.2, 0.25) is 12.2 Å². The van der Waals surface area contributed by atoms with Crippen molar-refractivity contribution in [3.8, 4) is 0 Å². The van der Waals surface area contributed by atoms with Gasteiger partial charge >= 0.3 is 71.6 Å². The first-order valence-corrected chi connectivity index (χ1v) is 49.1. The molecule has 0 aromatic carbocycles. The second-order valence-corrected chi connectivity index (χ2v) is 45.8. The third kappa shape index (κ3) is 21.6. The third-order valence-electron chi connectivity index (χ3n) is 34.4. The maximum atomic E-state index is 12.6. The van der Waals surface area contributed by atoms with Crippen LogP contribution in [0.2, 0.25) is 0 Å². The van der Waals surface area contributed by atoms with E-state index >= 15 is 0 Å². The molecular formula is C101H158O26. The van der Waals surface area contributed by atoms with Crippen LogP contribution in [0.1, 0.15) is 352 Å². The minimum atomic E-state index is -0.687. The number of carbonyl (C=O) groups is 12. The lowest BCUT2D eigenvalue weighted by atomic mass is 9.49. The molecule has 0 aromatic rings. The molecule has 26 heteroatoms. The average molecular weight is 1790 g/mol. The first-order chi connectivity index (χ1) is 59.3. The number of hydrogen-bond acceptors (Lipinski definition) is 26. The zero-order chi connectivity index (χ0) is 93.7. The fraction of sp³-hybridized carbons (Fsp3) is 0.881. The standard InChI is InChI=1S/C20H32O4.C18H30O2.C16H26O3.C14H20O4.C13H18O5.2C10H16O4/c1-5-19(3,4)18(22)23-12-17(21)24-20(6-2)15-8-13-7-14(10-15)11-16(20)9-13;1-5-17(3,4)16(19)20-18(6-2)14-8-12-7-13(10-14)11-15(18)9-12;1-4-14(2,3)13(17)19-16-8-11-5-12(9-16)7-15(18,6-11)10-16;1-4-14(2,3)13(16)18-10-7-5-8-9(6-7)12(15)17-11(8)10;1-4-13(2,3)12(15)18-9-7-5-6-8(16-7)10(9)17-11(6)14;2*1-4-10(2,3)9(12)14-7-5-6-13-8(7)11/h13-16H,5-12H2,1-4H3;12-15H,5-11H2,1-4H3;11-12,18H,4-10H2,1-3H3;7-11H,4-6H2,1-3H3;6-10H,4-5H2,1-3H3;2*7H,4-6H2,1-3H3. The maximum Gasteiger partial charge on any atom is 0.347 e. The van der Waals surface area contributed by atoms with Gasteiger partial charge in [-0.1, -0.05) is 62.3 Å². The van der Waals surface area contributed by atoms with Crippen LogP contribution in [0.3, 0.4) is 0 Å². The van der Waals surface area contributed by atoms with Gasteiger partial charge < -0.3 is 66.7 Å². The molecule has 14 aliphatic carbocycles. The number of rotatable bonds is 25. The molecule has 14 saturated carbocycles. The molecule has 6 heterocycles. The smallest absolute Gasteiger partial charge is 0.347 e. The number of aliphatic hydroxyl groups is 1. The Balaban J connectivity index is 0.000000145. The van der Waals surface area contributed by atoms with Crippen molar-refractivity contribution in [2.24, 2.45) is 121 Å². The summed E-state index contributed by atoms with van der Waals surface area (Å²) < 4.78 is 70.6. The lowest BCUT2D eigenvalue weighted by molar-refractivity contribution is -0.225. The molecule has 0 radical (unpaired) electrons. The Bertz CT molecular complexity index is 3790. The van der Waals surface area contributed by atoms with Crippen molar-refractivity contribution in [1.29, 1.82) is 0 Å². The van der Waals surface area contributed by atoms with Crippen LogP contribution < -0.4 is 0 Å². The van der Waals surface area contributed by atoms with Gasteiger partial charge in [0.25, 0.3) is 0 Å². The lowest BCUT2D eigenvalue weighted by Crippen LogP contribution is -2.61. The van der Waals surface area contributed by atoms with Crippen LogP contribution in [0.25, 0.3) is 0 Å². The predicted molar refractivity (Wildman–Crippen MR) is 467 cm³/mol. The molecule has 20 fully saturated rings. The van der Waals surface area contributed by atoms with Crippen molar-refractivity contribution in [3.63, 3.8) is 0 Å². The van der Waals surface area contributed by atoms with Gasteiger partial charge in [-0.25, -0.2) is 14.4 Å². The van der Waals surface area contributed by atoms with Crippen LogP contribution in [0.15, 0.2) is 0 Å². The van der Waals surface area contributed by atoms with Crippen LogP contribution in [-0.2, 0) is 119 Å². The minimum absolute atomic E-state index is 0.0364. The molecule has 16 bridgehead atoms. The summed E-state index contributed by atoms with van der Waals surface area (Å²) in [5.74, 6) is 4.55. The fourth-order valence-electron chi connectivity index (χ4n) is 23.8. The monoisotopic (exact) mass is 1790 g/mol. The van der Waals surface area contributed by atoms with Crippen molar-refractivity contribution in [1.82, 2.24) is 0 Å². The van der Waals surface area contributed by atoms with Gasteiger partial charge in [0.15, 0.2) is 18.8 Å². The highest BCUT2D eigenvalue weighted by Gasteiger charge is 2.68. The molecule has 20 rings (SSSR count). The summed E-state index contributed by atoms with van der Waals surface area (Å²) in [6.45, 7) is 44.9. The first kappa shape index (κ1) is 101. The molecule has 14 unspecified atom stereocenters. The summed E-state index contributed by atoms with van der Waals surface area (Å²) in [5.41, 5.74) is -4.66. The number of fused-ring (bicyclic) bond motifs is 2. The molecule has 6 aliphatic heterocycles. The summed E-state index contributed by atoms with van der Waals surface area (Å²) in [5, 5.41) is 10.6. The Hall–Kier alpha value is -6.44. The Kier molecular flexibility index (Phi) is 31.1. The molecule has 14 atom stereocenters. The first-order valence-electron chi connectivity index (χ1n) is 49.1. The number of esters is 12. The maximum absolute atomic E-state index is 12.6. The van der Waals surface area contributed by atoms with E-state index in [2.05, 4.69) is 20.8 Å². The minimum Gasteiger partial charge on any atom is -0.463 e. The highest BCUT2D eigenvalue weighted by molar-refractivity contribution is 5.85. The van der Waals surface area contributed by atoms with E-state index in [0.717, 1.165) is 94.3 Å². The van der Waals surface area contributed by atoms with Crippen molar-refractivity contribution in [2.45, 2.75) is 423 Å². The summed E-state index contributed by atoms with van der Waals surface area (Å²) >= 11 is 0. The third-order valence-corrected chi connectivity index (χ3v) is 34.4. The van der Waals surface area contributed by atoms with E-state index in [0.29, 0.717) is 112 Å². The second-order valence-electron chi connectivity index (χ2n) is 45.8. The molecule has 1 N–H and O–H groups in total. The Morgan fingerprint density at radius 3 is 1.13 bits per heavy atom. The van der Waals surface area contributed by atoms with E-state index in [1.807, 2.05) is 111 Å². The van der Waals surface area contributed by atoms with Gasteiger partial charge in [0.05, 0.1) is 74.7 Å². The van der Waals surface area contributed by atoms with Crippen molar-refractivity contribution in [3.05, 3.63) is 0 Å². The molecule has 6 saturated heterocycles. The summed E-state index contributed by atoms with van der Waals surface area (Å²) in [6.07, 6.45) is 26.0. The fourth-order valence-corrected chi connectivity index (χ4v) is 23.8. The van der Waals surface area contributed by atoms with Gasteiger partial charge in [0, 0.05) is 31.1 Å². The number of ether oxygens (including phenoxy) is 13. The van der Waals surface area contributed by atoms with Crippen molar-refractivity contribution < 1.29 is 124 Å². The topological polar surface area (TPSA) is 345 Å².